The summed E-state index contributed by atoms with van der Waals surface area (Å²) in [5.74, 6) is -2.10. The summed E-state index contributed by atoms with van der Waals surface area (Å²) in [6, 6.07) is 7.34. The van der Waals surface area contributed by atoms with Crippen LogP contribution in [0.4, 0.5) is 5.69 Å². The molecule has 22 heavy (non-hydrogen) atoms. The third kappa shape index (κ3) is 3.43. The molecular formula is C15H18N2O5. The van der Waals surface area contributed by atoms with Crippen LogP contribution in [0.15, 0.2) is 24.3 Å². The fraction of sp³-hybridized carbons (Fsp3) is 0.400. The number of carboxylic acids is 1. The number of para-hydroxylation sites is 1. The molecular weight excluding hydrogens is 288 g/mol. The molecule has 2 amide bonds. The Morgan fingerprint density at radius 3 is 2.68 bits per heavy atom. The predicted molar refractivity (Wildman–Crippen MR) is 78.4 cm³/mol. The Hall–Kier alpha value is -2.41. The fourth-order valence-corrected chi connectivity index (χ4v) is 2.22. The number of nitrogens with one attached hydrogen (secondary N) is 1. The summed E-state index contributed by atoms with van der Waals surface area (Å²) in [7, 11) is 0. The molecule has 1 aromatic rings. The Morgan fingerprint density at radius 2 is 2.00 bits per heavy atom. The van der Waals surface area contributed by atoms with E-state index in [1.54, 1.807) is 12.1 Å². The molecule has 3 N–H and O–H groups in total. The van der Waals surface area contributed by atoms with E-state index in [2.05, 4.69) is 5.32 Å². The van der Waals surface area contributed by atoms with Gasteiger partial charge in [0.2, 0.25) is 11.8 Å². The highest BCUT2D eigenvalue weighted by Gasteiger charge is 2.31. The van der Waals surface area contributed by atoms with Crippen LogP contribution in [0.25, 0.3) is 0 Å². The smallest absolute Gasteiger partial charge is 0.337 e. The van der Waals surface area contributed by atoms with Gasteiger partial charge in [-0.1, -0.05) is 18.2 Å². The van der Waals surface area contributed by atoms with Crippen molar-refractivity contribution < 1.29 is 24.6 Å². The number of carbonyl (C=O) groups is 3. The number of hydrogen-bond acceptors (Lipinski definition) is 4. The van der Waals surface area contributed by atoms with Gasteiger partial charge >= 0.3 is 5.97 Å². The summed E-state index contributed by atoms with van der Waals surface area (Å²) in [6.45, 7) is 0.466. The second-order valence-corrected chi connectivity index (χ2v) is 5.46. The second kappa shape index (κ2) is 6.15. The summed E-state index contributed by atoms with van der Waals surface area (Å²) in [4.78, 5) is 36.1. The standard InChI is InChI=1S/C15H18N2O5/c1-15(22,14(20)21)9-16-12(18)8-17-11-5-3-2-4-10(11)6-7-13(17)19/h2-5,22H,6-9H2,1H3,(H,16,18)(H,20,21). The molecule has 1 atom stereocenters. The number of carbonyl (C=O) groups excluding carboxylic acids is 2. The lowest BCUT2D eigenvalue weighted by molar-refractivity contribution is -0.156. The van der Waals surface area contributed by atoms with Crippen molar-refractivity contribution in [3.63, 3.8) is 0 Å². The average Bonchev–Trinajstić information content (AvgIpc) is 2.48. The summed E-state index contributed by atoms with van der Waals surface area (Å²) >= 11 is 0. The fourth-order valence-electron chi connectivity index (χ4n) is 2.22. The van der Waals surface area contributed by atoms with Crippen molar-refractivity contribution >= 4 is 23.5 Å². The van der Waals surface area contributed by atoms with Crippen LogP contribution in [-0.4, -0.2) is 46.7 Å². The van der Waals surface area contributed by atoms with Crippen molar-refractivity contribution in [2.45, 2.75) is 25.4 Å². The highest BCUT2D eigenvalue weighted by atomic mass is 16.4. The topological polar surface area (TPSA) is 107 Å². The van der Waals surface area contributed by atoms with E-state index >= 15 is 0 Å². The van der Waals surface area contributed by atoms with Crippen molar-refractivity contribution in [1.29, 1.82) is 0 Å². The van der Waals surface area contributed by atoms with Gasteiger partial charge in [-0.25, -0.2) is 4.79 Å². The van der Waals surface area contributed by atoms with Gasteiger partial charge in [0.15, 0.2) is 5.60 Å². The number of aliphatic carboxylic acids is 1. The van der Waals surface area contributed by atoms with E-state index in [9.17, 15) is 19.5 Å². The lowest BCUT2D eigenvalue weighted by Crippen LogP contribution is -2.50. The number of aryl methyl sites for hydroxylation is 1. The Bertz CT molecular complexity index is 612. The number of benzene rings is 1. The first-order valence-electron chi connectivity index (χ1n) is 6.92. The van der Waals surface area contributed by atoms with Crippen LogP contribution in [0, 0.1) is 0 Å². The van der Waals surface area contributed by atoms with Gasteiger partial charge in [0, 0.05) is 12.1 Å². The molecule has 1 aromatic carbocycles. The number of anilines is 1. The molecule has 1 heterocycles. The van der Waals surface area contributed by atoms with E-state index in [0.29, 0.717) is 18.5 Å². The maximum absolute atomic E-state index is 12.0. The zero-order valence-corrected chi connectivity index (χ0v) is 12.2. The molecule has 0 saturated heterocycles. The lowest BCUT2D eigenvalue weighted by Gasteiger charge is -2.29. The van der Waals surface area contributed by atoms with Crippen LogP contribution in [0.5, 0.6) is 0 Å². The third-order valence-corrected chi connectivity index (χ3v) is 3.58. The van der Waals surface area contributed by atoms with Gasteiger partial charge in [0.05, 0.1) is 6.54 Å². The summed E-state index contributed by atoms with van der Waals surface area (Å²) in [5.41, 5.74) is -0.356. The maximum Gasteiger partial charge on any atom is 0.337 e. The summed E-state index contributed by atoms with van der Waals surface area (Å²) in [6.07, 6.45) is 0.970. The number of rotatable bonds is 5. The van der Waals surface area contributed by atoms with Gasteiger partial charge in [0.1, 0.15) is 6.54 Å². The quantitative estimate of drug-likeness (QED) is 0.705. The van der Waals surface area contributed by atoms with Crippen LogP contribution >= 0.6 is 0 Å². The molecule has 1 aliphatic rings. The highest BCUT2D eigenvalue weighted by molar-refractivity contribution is 6.01. The van der Waals surface area contributed by atoms with E-state index in [1.165, 1.54) is 4.90 Å². The molecule has 1 unspecified atom stereocenters. The zero-order chi connectivity index (χ0) is 16.3. The van der Waals surface area contributed by atoms with E-state index in [1.807, 2.05) is 12.1 Å². The minimum atomic E-state index is -2.04. The maximum atomic E-state index is 12.0. The lowest BCUT2D eigenvalue weighted by atomic mass is 10.0. The number of aliphatic hydroxyl groups is 1. The van der Waals surface area contributed by atoms with Gasteiger partial charge in [-0.3, -0.25) is 9.59 Å². The van der Waals surface area contributed by atoms with E-state index in [4.69, 9.17) is 5.11 Å². The highest BCUT2D eigenvalue weighted by Crippen LogP contribution is 2.27. The molecule has 0 bridgehead atoms. The van der Waals surface area contributed by atoms with Crippen LogP contribution in [0.1, 0.15) is 18.9 Å². The first kappa shape index (κ1) is 16.0. The summed E-state index contributed by atoms with van der Waals surface area (Å²) in [5, 5.41) is 20.7. The minimum Gasteiger partial charge on any atom is -0.479 e. The van der Waals surface area contributed by atoms with E-state index in [0.717, 1.165) is 12.5 Å². The van der Waals surface area contributed by atoms with Gasteiger partial charge in [-0.05, 0) is 25.0 Å². The van der Waals surface area contributed by atoms with Crippen LogP contribution in [-0.2, 0) is 20.8 Å². The van der Waals surface area contributed by atoms with Crippen molar-refractivity contribution in [2.75, 3.05) is 18.0 Å². The molecule has 7 nitrogen and oxygen atoms in total. The SMILES string of the molecule is CC(O)(CNC(=O)CN1C(=O)CCc2ccccc21)C(=O)O. The van der Waals surface area contributed by atoms with Crippen molar-refractivity contribution in [3.05, 3.63) is 29.8 Å². The summed E-state index contributed by atoms with van der Waals surface area (Å²) < 4.78 is 0. The molecule has 0 aliphatic carbocycles. The van der Waals surface area contributed by atoms with Gasteiger partial charge in [0.25, 0.3) is 0 Å². The van der Waals surface area contributed by atoms with Crippen LogP contribution in [0.3, 0.4) is 0 Å². The molecule has 0 aromatic heterocycles. The second-order valence-electron chi connectivity index (χ2n) is 5.46. The molecule has 0 spiro atoms. The monoisotopic (exact) mass is 306 g/mol. The number of nitrogens with zero attached hydrogens (tertiary/aromatic N) is 1. The Kier molecular flexibility index (Phi) is 4.46. The Balaban J connectivity index is 2.03. The molecule has 7 heteroatoms. The van der Waals surface area contributed by atoms with Gasteiger partial charge < -0.3 is 20.4 Å². The average molecular weight is 306 g/mol. The largest absolute Gasteiger partial charge is 0.479 e. The van der Waals surface area contributed by atoms with E-state index in [-0.39, 0.29) is 12.5 Å². The zero-order valence-electron chi connectivity index (χ0n) is 12.2. The predicted octanol–water partition coefficient (Wildman–Crippen LogP) is -0.0824. The van der Waals surface area contributed by atoms with Crippen LogP contribution < -0.4 is 10.2 Å². The normalized spacial score (nSPS) is 16.6. The molecule has 2 rings (SSSR count). The van der Waals surface area contributed by atoms with Crippen molar-refractivity contribution in [2.24, 2.45) is 0 Å². The first-order valence-corrected chi connectivity index (χ1v) is 6.92. The van der Waals surface area contributed by atoms with E-state index < -0.39 is 24.0 Å². The molecule has 118 valence electrons. The Labute approximate surface area is 127 Å². The Morgan fingerprint density at radius 1 is 1.32 bits per heavy atom. The first-order chi connectivity index (χ1) is 10.3. The van der Waals surface area contributed by atoms with Crippen molar-refractivity contribution in [3.8, 4) is 0 Å². The molecule has 0 saturated carbocycles. The number of fused-ring (bicyclic) bond motifs is 1. The number of carboxylic acid groups (broad SMARTS) is 1. The van der Waals surface area contributed by atoms with Gasteiger partial charge in [-0.15, -0.1) is 0 Å². The number of amides is 2. The molecule has 1 aliphatic heterocycles. The van der Waals surface area contributed by atoms with Crippen molar-refractivity contribution in [1.82, 2.24) is 5.32 Å². The molecule has 0 radical (unpaired) electrons. The molecule has 0 fully saturated rings. The number of hydrogen-bond donors (Lipinski definition) is 3. The van der Waals surface area contributed by atoms with Crippen LogP contribution in [0.2, 0.25) is 0 Å². The van der Waals surface area contributed by atoms with Gasteiger partial charge in [-0.2, -0.15) is 0 Å². The minimum absolute atomic E-state index is 0.154. The third-order valence-electron chi connectivity index (χ3n) is 3.58.